The van der Waals surface area contributed by atoms with Crippen molar-refractivity contribution in [2.45, 2.75) is 13.5 Å². The summed E-state index contributed by atoms with van der Waals surface area (Å²) in [4.78, 5) is 26.2. The molecule has 1 heterocycles. The lowest BCUT2D eigenvalue weighted by Gasteiger charge is -2.12. The van der Waals surface area contributed by atoms with Crippen molar-refractivity contribution in [3.05, 3.63) is 58.0 Å². The van der Waals surface area contributed by atoms with E-state index in [1.807, 2.05) is 0 Å². The highest BCUT2D eigenvalue weighted by molar-refractivity contribution is 8.19. The summed E-state index contributed by atoms with van der Waals surface area (Å²) in [5, 5.41) is 0.0436. The Labute approximate surface area is 168 Å². The first-order valence-corrected chi connectivity index (χ1v) is 9.33. The number of imide groups is 1. The third-order valence-corrected chi connectivity index (χ3v) is 4.78. The molecule has 2 aromatic rings. The van der Waals surface area contributed by atoms with E-state index in [0.29, 0.717) is 16.3 Å². The summed E-state index contributed by atoms with van der Waals surface area (Å²) in [6.45, 7) is -1.03. The van der Waals surface area contributed by atoms with Gasteiger partial charge in [0.25, 0.3) is 11.1 Å². The van der Waals surface area contributed by atoms with Crippen LogP contribution in [0.1, 0.15) is 12.5 Å². The lowest BCUT2D eigenvalue weighted by molar-refractivity contribution is -0.113. The SMILES string of the molecule is CCOc1cc(/C=C2/SC(=O)N(c3ccc(Cl)cc3)C2=O)ccc1OC(F)F. The highest BCUT2D eigenvalue weighted by atomic mass is 35.5. The van der Waals surface area contributed by atoms with Gasteiger partial charge in [-0.15, -0.1) is 0 Å². The van der Waals surface area contributed by atoms with Crippen molar-refractivity contribution < 1.29 is 27.8 Å². The number of alkyl halides is 2. The van der Waals surface area contributed by atoms with Gasteiger partial charge in [-0.1, -0.05) is 17.7 Å². The Kier molecular flexibility index (Phi) is 6.21. The van der Waals surface area contributed by atoms with Crippen LogP contribution in [-0.2, 0) is 4.79 Å². The zero-order valence-corrected chi connectivity index (χ0v) is 16.1. The molecule has 0 spiro atoms. The number of benzene rings is 2. The van der Waals surface area contributed by atoms with Crippen molar-refractivity contribution in [3.8, 4) is 11.5 Å². The molecule has 0 atom stereocenters. The molecule has 2 amide bonds. The van der Waals surface area contributed by atoms with Crippen LogP contribution in [0.2, 0.25) is 5.02 Å². The van der Waals surface area contributed by atoms with Crippen LogP contribution in [0.3, 0.4) is 0 Å². The molecule has 0 radical (unpaired) electrons. The molecule has 1 aliphatic rings. The molecular weight excluding hydrogens is 412 g/mol. The van der Waals surface area contributed by atoms with Gasteiger partial charge in [-0.25, -0.2) is 4.90 Å². The summed E-state index contributed by atoms with van der Waals surface area (Å²) in [5.41, 5.74) is 0.914. The van der Waals surface area contributed by atoms with Gasteiger partial charge in [0.2, 0.25) is 0 Å². The van der Waals surface area contributed by atoms with Crippen LogP contribution in [0.4, 0.5) is 19.3 Å². The number of anilines is 1. The molecule has 2 aromatic carbocycles. The molecule has 5 nitrogen and oxygen atoms in total. The van der Waals surface area contributed by atoms with Crippen LogP contribution < -0.4 is 14.4 Å². The van der Waals surface area contributed by atoms with E-state index in [4.69, 9.17) is 16.3 Å². The van der Waals surface area contributed by atoms with Crippen molar-refractivity contribution in [2.24, 2.45) is 0 Å². The van der Waals surface area contributed by atoms with Gasteiger partial charge < -0.3 is 9.47 Å². The van der Waals surface area contributed by atoms with Gasteiger partial charge >= 0.3 is 6.61 Å². The maximum atomic E-state index is 12.7. The molecule has 0 N–H and O–H groups in total. The second-order valence-electron chi connectivity index (χ2n) is 5.51. The molecule has 0 unspecified atom stereocenters. The van der Waals surface area contributed by atoms with Crippen LogP contribution in [0.15, 0.2) is 47.4 Å². The standard InChI is InChI=1S/C19H14ClF2NO4S/c1-2-26-15-9-11(3-8-14(15)27-18(21)22)10-16-17(24)23(19(25)28-16)13-6-4-12(20)5-7-13/h3-10,18H,2H2,1H3/b16-10+. The Hall–Kier alpha value is -2.58. The lowest BCUT2D eigenvalue weighted by Crippen LogP contribution is -2.27. The minimum absolute atomic E-state index is 0.108. The second kappa shape index (κ2) is 8.62. The van der Waals surface area contributed by atoms with Gasteiger partial charge in [-0.05, 0) is 66.7 Å². The molecule has 1 fully saturated rings. The second-order valence-corrected chi connectivity index (χ2v) is 6.94. The minimum Gasteiger partial charge on any atom is -0.490 e. The predicted octanol–water partition coefficient (Wildman–Crippen LogP) is 5.58. The summed E-state index contributed by atoms with van der Waals surface area (Å²) in [7, 11) is 0. The van der Waals surface area contributed by atoms with Crippen molar-refractivity contribution in [3.63, 3.8) is 0 Å². The van der Waals surface area contributed by atoms with Crippen LogP contribution in [0.25, 0.3) is 6.08 Å². The van der Waals surface area contributed by atoms with Crippen molar-refractivity contribution in [2.75, 3.05) is 11.5 Å². The van der Waals surface area contributed by atoms with E-state index >= 15 is 0 Å². The van der Waals surface area contributed by atoms with Gasteiger partial charge in [-0.2, -0.15) is 8.78 Å². The first-order chi connectivity index (χ1) is 13.4. The zero-order valence-electron chi connectivity index (χ0n) is 14.5. The number of rotatable bonds is 6. The van der Waals surface area contributed by atoms with E-state index < -0.39 is 17.8 Å². The smallest absolute Gasteiger partial charge is 0.387 e. The third-order valence-electron chi connectivity index (χ3n) is 3.66. The van der Waals surface area contributed by atoms with E-state index in [-0.39, 0.29) is 23.0 Å². The average molecular weight is 426 g/mol. The molecule has 0 aliphatic carbocycles. The molecule has 0 aromatic heterocycles. The summed E-state index contributed by atoms with van der Waals surface area (Å²) in [6, 6.07) is 10.6. The van der Waals surface area contributed by atoms with Gasteiger partial charge in [0, 0.05) is 5.02 Å². The fraction of sp³-hybridized carbons (Fsp3) is 0.158. The van der Waals surface area contributed by atoms with E-state index in [1.54, 1.807) is 31.2 Å². The average Bonchev–Trinajstić information content (AvgIpc) is 2.91. The Morgan fingerprint density at radius 1 is 1.14 bits per heavy atom. The van der Waals surface area contributed by atoms with Crippen molar-refractivity contribution in [1.29, 1.82) is 0 Å². The number of hydrogen-bond acceptors (Lipinski definition) is 5. The first kappa shape index (κ1) is 20.2. The van der Waals surface area contributed by atoms with E-state index in [2.05, 4.69) is 4.74 Å². The topological polar surface area (TPSA) is 55.8 Å². The van der Waals surface area contributed by atoms with Crippen molar-refractivity contribution >= 4 is 46.3 Å². The summed E-state index contributed by atoms with van der Waals surface area (Å²) < 4.78 is 34.8. The molecule has 1 aliphatic heterocycles. The van der Waals surface area contributed by atoms with Crippen LogP contribution >= 0.6 is 23.4 Å². The highest BCUT2D eigenvalue weighted by Gasteiger charge is 2.36. The molecule has 0 saturated carbocycles. The molecule has 0 bridgehead atoms. The number of halogens is 3. The lowest BCUT2D eigenvalue weighted by atomic mass is 10.2. The highest BCUT2D eigenvalue weighted by Crippen LogP contribution is 2.37. The molecule has 3 rings (SSSR count). The first-order valence-electron chi connectivity index (χ1n) is 8.14. The normalized spacial score (nSPS) is 15.6. The zero-order chi connectivity index (χ0) is 20.3. The van der Waals surface area contributed by atoms with Gasteiger partial charge in [-0.3, -0.25) is 9.59 Å². The molecule has 28 heavy (non-hydrogen) atoms. The monoisotopic (exact) mass is 425 g/mol. The Balaban J connectivity index is 1.89. The van der Waals surface area contributed by atoms with E-state index in [1.165, 1.54) is 24.3 Å². The summed E-state index contributed by atoms with van der Waals surface area (Å²) in [5.74, 6) is -0.472. The Bertz CT molecular complexity index is 934. The van der Waals surface area contributed by atoms with Crippen molar-refractivity contribution in [1.82, 2.24) is 0 Å². The quantitative estimate of drug-likeness (QED) is 0.565. The van der Waals surface area contributed by atoms with Crippen LogP contribution in [0, 0.1) is 0 Å². The summed E-state index contributed by atoms with van der Waals surface area (Å²) >= 11 is 6.62. The number of ether oxygens (including phenoxy) is 2. The van der Waals surface area contributed by atoms with Crippen LogP contribution in [-0.4, -0.2) is 24.4 Å². The number of hydrogen-bond donors (Lipinski definition) is 0. The molecule has 9 heteroatoms. The largest absolute Gasteiger partial charge is 0.490 e. The van der Waals surface area contributed by atoms with E-state index in [0.717, 1.165) is 16.7 Å². The molecule has 146 valence electrons. The Morgan fingerprint density at radius 3 is 2.50 bits per heavy atom. The number of thioether (sulfide) groups is 1. The Morgan fingerprint density at radius 2 is 1.86 bits per heavy atom. The van der Waals surface area contributed by atoms with Gasteiger partial charge in [0.15, 0.2) is 11.5 Å². The maximum Gasteiger partial charge on any atom is 0.387 e. The number of nitrogens with zero attached hydrogens (tertiary/aromatic N) is 1. The molecule has 1 saturated heterocycles. The van der Waals surface area contributed by atoms with Gasteiger partial charge in [0.05, 0.1) is 17.2 Å². The molecular formula is C19H14ClF2NO4S. The van der Waals surface area contributed by atoms with Gasteiger partial charge in [0.1, 0.15) is 0 Å². The van der Waals surface area contributed by atoms with Crippen LogP contribution in [0.5, 0.6) is 11.5 Å². The predicted molar refractivity (Wildman–Crippen MR) is 104 cm³/mol. The maximum absolute atomic E-state index is 12.7. The fourth-order valence-corrected chi connectivity index (χ4v) is 3.48. The fourth-order valence-electron chi connectivity index (χ4n) is 2.51. The third kappa shape index (κ3) is 4.45. The number of carbonyl (C=O) groups is 2. The number of amides is 2. The minimum atomic E-state index is -2.99. The summed E-state index contributed by atoms with van der Waals surface area (Å²) in [6.07, 6.45) is 1.50. The van der Waals surface area contributed by atoms with E-state index in [9.17, 15) is 18.4 Å². The number of carbonyl (C=O) groups excluding carboxylic acids is 2.